The first-order valence-electron chi connectivity index (χ1n) is 8.39. The number of carbonyl (C=O) groups is 1. The smallest absolute Gasteiger partial charge is 0.230 e. The molecule has 0 saturated carbocycles. The fourth-order valence-electron chi connectivity index (χ4n) is 3.00. The van der Waals surface area contributed by atoms with Crippen LogP contribution in [0.25, 0.3) is 10.8 Å². The van der Waals surface area contributed by atoms with Crippen molar-refractivity contribution < 1.29 is 9.53 Å². The second-order valence-electron chi connectivity index (χ2n) is 6.33. The molecule has 2 atom stereocenters. The monoisotopic (exact) mass is 353 g/mol. The minimum atomic E-state index is -0.182. The summed E-state index contributed by atoms with van der Waals surface area (Å²) in [4.78, 5) is 16.0. The maximum atomic E-state index is 12.9. The number of fused-ring (bicyclic) bond motifs is 1. The third kappa shape index (κ3) is 3.54. The summed E-state index contributed by atoms with van der Waals surface area (Å²) in [5.41, 5.74) is 1.04. The number of hydrogen-bond donors (Lipinski definition) is 0. The lowest BCUT2D eigenvalue weighted by Crippen LogP contribution is -2.32. The molecule has 0 aliphatic heterocycles. The summed E-state index contributed by atoms with van der Waals surface area (Å²) in [6.07, 6.45) is 0. The second kappa shape index (κ2) is 7.28. The molecule has 0 saturated heterocycles. The summed E-state index contributed by atoms with van der Waals surface area (Å²) < 4.78 is 5.27. The van der Waals surface area contributed by atoms with E-state index in [4.69, 9.17) is 4.74 Å². The van der Waals surface area contributed by atoms with Gasteiger partial charge in [-0.05, 0) is 53.8 Å². The molecule has 130 valence electrons. The summed E-state index contributed by atoms with van der Waals surface area (Å²) in [6, 6.07) is 16.4. The zero-order chi connectivity index (χ0) is 18.0. The Bertz CT molecular complexity index is 873. The van der Waals surface area contributed by atoms with E-state index in [1.54, 1.807) is 18.4 Å². The predicted molar refractivity (Wildman–Crippen MR) is 104 cm³/mol. The number of carbonyl (C=O) groups excluding carboxylic acids is 1. The van der Waals surface area contributed by atoms with E-state index in [9.17, 15) is 4.79 Å². The number of methoxy groups -OCH3 is 1. The van der Waals surface area contributed by atoms with Gasteiger partial charge in [0.1, 0.15) is 5.75 Å². The molecule has 4 heteroatoms. The van der Waals surface area contributed by atoms with Crippen LogP contribution in [0.15, 0.2) is 53.9 Å². The molecular formula is C21H23NO2S. The molecule has 3 rings (SSSR count). The Labute approximate surface area is 152 Å². The standard InChI is InChI=1S/C21H23NO2S/c1-14(21(23)22(3)15(2)20-6-5-11-25-20)16-7-8-18-13-19(24-4)10-9-17(18)12-16/h5-15H,1-4H3/t14-,15?/m0/s1. The topological polar surface area (TPSA) is 29.5 Å². The minimum Gasteiger partial charge on any atom is -0.497 e. The molecule has 0 aliphatic rings. The molecule has 3 aromatic rings. The summed E-state index contributed by atoms with van der Waals surface area (Å²) >= 11 is 1.68. The third-order valence-electron chi connectivity index (χ3n) is 4.83. The Morgan fingerprint density at radius 1 is 1.08 bits per heavy atom. The highest BCUT2D eigenvalue weighted by Crippen LogP contribution is 2.29. The number of rotatable bonds is 5. The van der Waals surface area contributed by atoms with Gasteiger partial charge < -0.3 is 9.64 Å². The molecule has 1 heterocycles. The highest BCUT2D eigenvalue weighted by atomic mass is 32.1. The zero-order valence-electron chi connectivity index (χ0n) is 15.0. The van der Waals surface area contributed by atoms with Crippen LogP contribution in [-0.2, 0) is 4.79 Å². The molecule has 25 heavy (non-hydrogen) atoms. The molecule has 3 nitrogen and oxygen atoms in total. The summed E-state index contributed by atoms with van der Waals surface area (Å²) in [6.45, 7) is 4.05. The van der Waals surface area contributed by atoms with Crippen molar-refractivity contribution in [3.05, 3.63) is 64.4 Å². The molecule has 0 aliphatic carbocycles. The van der Waals surface area contributed by atoms with E-state index in [2.05, 4.69) is 25.1 Å². The average Bonchev–Trinajstić information content (AvgIpc) is 3.19. The van der Waals surface area contributed by atoms with Crippen molar-refractivity contribution in [3.8, 4) is 5.75 Å². The lowest BCUT2D eigenvalue weighted by atomic mass is 9.96. The summed E-state index contributed by atoms with van der Waals surface area (Å²) in [7, 11) is 3.55. The van der Waals surface area contributed by atoms with Crippen LogP contribution < -0.4 is 4.74 Å². The Kier molecular flexibility index (Phi) is 5.09. The molecule has 0 spiro atoms. The summed E-state index contributed by atoms with van der Waals surface area (Å²) in [5.74, 6) is 0.793. The van der Waals surface area contributed by atoms with Crippen LogP contribution in [-0.4, -0.2) is 25.0 Å². The average molecular weight is 353 g/mol. The van der Waals surface area contributed by atoms with E-state index >= 15 is 0 Å². The first-order valence-corrected chi connectivity index (χ1v) is 9.27. The highest BCUT2D eigenvalue weighted by molar-refractivity contribution is 7.10. The van der Waals surface area contributed by atoms with E-state index in [0.717, 1.165) is 22.1 Å². The Balaban J connectivity index is 1.83. The minimum absolute atomic E-state index is 0.0830. The summed E-state index contributed by atoms with van der Waals surface area (Å²) in [5, 5.41) is 4.28. The molecule has 0 radical (unpaired) electrons. The Morgan fingerprint density at radius 3 is 2.48 bits per heavy atom. The van der Waals surface area contributed by atoms with Gasteiger partial charge in [-0.25, -0.2) is 0 Å². The third-order valence-corrected chi connectivity index (χ3v) is 5.87. The normalized spacial score (nSPS) is 13.4. The van der Waals surface area contributed by atoms with Gasteiger partial charge in [0.05, 0.1) is 19.1 Å². The number of thiophene rings is 1. The van der Waals surface area contributed by atoms with Crippen LogP contribution in [0.4, 0.5) is 0 Å². The molecule has 2 aromatic carbocycles. The van der Waals surface area contributed by atoms with Crippen molar-refractivity contribution in [2.24, 2.45) is 0 Å². The van der Waals surface area contributed by atoms with Crippen LogP contribution in [0.3, 0.4) is 0 Å². The van der Waals surface area contributed by atoms with Gasteiger partial charge in [-0.2, -0.15) is 0 Å². The maximum absolute atomic E-state index is 12.9. The molecule has 1 unspecified atom stereocenters. The molecule has 0 N–H and O–H groups in total. The van der Waals surface area contributed by atoms with Crippen molar-refractivity contribution in [1.29, 1.82) is 0 Å². The van der Waals surface area contributed by atoms with Crippen LogP contribution in [0.2, 0.25) is 0 Å². The first kappa shape index (κ1) is 17.5. The van der Waals surface area contributed by atoms with E-state index in [1.165, 1.54) is 4.88 Å². The van der Waals surface area contributed by atoms with Crippen molar-refractivity contribution in [3.63, 3.8) is 0 Å². The molecule has 1 aromatic heterocycles. The number of nitrogens with zero attached hydrogens (tertiary/aromatic N) is 1. The van der Waals surface area contributed by atoms with E-state index < -0.39 is 0 Å². The van der Waals surface area contributed by atoms with Gasteiger partial charge in [-0.3, -0.25) is 4.79 Å². The molecule has 1 amide bonds. The largest absolute Gasteiger partial charge is 0.497 e. The van der Waals surface area contributed by atoms with E-state index in [-0.39, 0.29) is 17.9 Å². The highest BCUT2D eigenvalue weighted by Gasteiger charge is 2.24. The quantitative estimate of drug-likeness (QED) is 0.628. The van der Waals surface area contributed by atoms with Crippen LogP contribution in [0, 0.1) is 0 Å². The number of hydrogen-bond acceptors (Lipinski definition) is 3. The van der Waals surface area contributed by atoms with Gasteiger partial charge in [0.25, 0.3) is 0 Å². The van der Waals surface area contributed by atoms with Crippen molar-refractivity contribution in [2.45, 2.75) is 25.8 Å². The van der Waals surface area contributed by atoms with Gasteiger partial charge in [-0.15, -0.1) is 11.3 Å². The SMILES string of the molecule is COc1ccc2cc([C@H](C)C(=O)N(C)C(C)c3cccs3)ccc2c1. The first-order chi connectivity index (χ1) is 12.0. The van der Waals surface area contributed by atoms with Crippen molar-refractivity contribution in [1.82, 2.24) is 4.90 Å². The molecule has 0 fully saturated rings. The van der Waals surface area contributed by atoms with Crippen LogP contribution in [0.1, 0.15) is 36.2 Å². The number of benzene rings is 2. The number of amides is 1. The van der Waals surface area contributed by atoms with Crippen molar-refractivity contribution >= 4 is 28.0 Å². The van der Waals surface area contributed by atoms with Gasteiger partial charge >= 0.3 is 0 Å². The predicted octanol–water partition coefficient (Wildman–Crippen LogP) is 5.23. The van der Waals surface area contributed by atoms with Gasteiger partial charge in [0.2, 0.25) is 5.91 Å². The number of likely N-dealkylation sites (N-methyl/N-ethyl adjacent to an activating group) is 1. The van der Waals surface area contributed by atoms with Gasteiger partial charge in [0.15, 0.2) is 0 Å². The fraction of sp³-hybridized carbons (Fsp3) is 0.286. The van der Waals surface area contributed by atoms with Gasteiger partial charge in [0, 0.05) is 11.9 Å². The van der Waals surface area contributed by atoms with Gasteiger partial charge in [-0.1, -0.05) is 30.3 Å². The van der Waals surface area contributed by atoms with Crippen LogP contribution in [0.5, 0.6) is 5.75 Å². The Hall–Kier alpha value is -2.33. The zero-order valence-corrected chi connectivity index (χ0v) is 15.8. The second-order valence-corrected chi connectivity index (χ2v) is 7.31. The van der Waals surface area contributed by atoms with Crippen molar-refractivity contribution in [2.75, 3.05) is 14.2 Å². The van der Waals surface area contributed by atoms with E-state index in [1.807, 2.05) is 54.6 Å². The fourth-order valence-corrected chi connectivity index (χ4v) is 3.82. The van der Waals surface area contributed by atoms with Crippen LogP contribution >= 0.6 is 11.3 Å². The number of ether oxygens (including phenoxy) is 1. The van der Waals surface area contributed by atoms with E-state index in [0.29, 0.717) is 0 Å². The molecular weight excluding hydrogens is 330 g/mol. The lowest BCUT2D eigenvalue weighted by Gasteiger charge is -2.27. The Morgan fingerprint density at radius 2 is 1.80 bits per heavy atom. The maximum Gasteiger partial charge on any atom is 0.230 e. The lowest BCUT2D eigenvalue weighted by molar-refractivity contribution is -0.133. The molecule has 0 bridgehead atoms.